The number of halogens is 1. The summed E-state index contributed by atoms with van der Waals surface area (Å²) in [6, 6.07) is 0. The van der Waals surface area contributed by atoms with Crippen molar-refractivity contribution in [3.05, 3.63) is 11.9 Å². The zero-order valence-electron chi connectivity index (χ0n) is 8.88. The first-order chi connectivity index (χ1) is 6.74. The Morgan fingerprint density at radius 2 is 2.29 bits per heavy atom. The summed E-state index contributed by atoms with van der Waals surface area (Å²) in [6.07, 6.45) is 5.92. The van der Waals surface area contributed by atoms with Crippen molar-refractivity contribution in [2.45, 2.75) is 32.6 Å². The van der Waals surface area contributed by atoms with E-state index in [-0.39, 0.29) is 6.54 Å². The van der Waals surface area contributed by atoms with Gasteiger partial charge in [0, 0.05) is 6.20 Å². The van der Waals surface area contributed by atoms with Gasteiger partial charge in [-0.25, -0.2) is 10.2 Å². The number of rotatable bonds is 8. The molecule has 0 aliphatic carbocycles. The Balaban J connectivity index is 3.90. The second kappa shape index (κ2) is 8.69. The molecule has 0 heterocycles. The van der Waals surface area contributed by atoms with E-state index in [1.54, 1.807) is 6.20 Å². The summed E-state index contributed by atoms with van der Waals surface area (Å²) in [5.74, 6) is 5.49. The highest BCUT2D eigenvalue weighted by Crippen LogP contribution is 2.09. The van der Waals surface area contributed by atoms with E-state index in [0.29, 0.717) is 0 Å². The fourth-order valence-corrected chi connectivity index (χ4v) is 1.09. The number of allylic oxidation sites excluding steroid dienone is 1. The van der Waals surface area contributed by atoms with E-state index in [1.807, 2.05) is 0 Å². The zero-order chi connectivity index (χ0) is 10.8. The molecule has 4 heteroatoms. The van der Waals surface area contributed by atoms with Gasteiger partial charge in [-0.1, -0.05) is 19.8 Å². The van der Waals surface area contributed by atoms with Crippen LogP contribution in [0.5, 0.6) is 0 Å². The molecule has 0 spiro atoms. The van der Waals surface area contributed by atoms with Gasteiger partial charge < -0.3 is 5.01 Å². The van der Waals surface area contributed by atoms with Crippen LogP contribution in [0.4, 0.5) is 4.39 Å². The minimum Gasteiger partial charge on any atom is -0.314 e. The van der Waals surface area contributed by atoms with Gasteiger partial charge in [-0.15, -0.1) is 0 Å². The van der Waals surface area contributed by atoms with Gasteiger partial charge in [0.1, 0.15) is 6.67 Å². The number of aliphatic imine (C=N–C) groups is 1. The maximum atomic E-state index is 11.9. The molecule has 0 fully saturated rings. The highest BCUT2D eigenvalue weighted by atomic mass is 19.1. The molecule has 0 aromatic carbocycles. The van der Waals surface area contributed by atoms with E-state index in [1.165, 1.54) is 17.9 Å². The van der Waals surface area contributed by atoms with Gasteiger partial charge in [0.2, 0.25) is 0 Å². The molecule has 0 aliphatic rings. The van der Waals surface area contributed by atoms with Crippen molar-refractivity contribution in [3.63, 3.8) is 0 Å². The summed E-state index contributed by atoms with van der Waals surface area (Å²) in [7, 11) is 0. The standard InChI is InChI=1S/C10H20FN3/c1-3-4-5-6-10(13-2)9-14(12)8-7-11/h9H,2-8,12H2,1H3/b10-9-. The first-order valence-corrected chi connectivity index (χ1v) is 4.99. The van der Waals surface area contributed by atoms with Crippen molar-refractivity contribution in [1.82, 2.24) is 5.01 Å². The highest BCUT2D eigenvalue weighted by Gasteiger charge is 1.97. The summed E-state index contributed by atoms with van der Waals surface area (Å²) in [4.78, 5) is 3.85. The molecular weight excluding hydrogens is 181 g/mol. The predicted octanol–water partition coefficient (Wildman–Crippen LogP) is 2.25. The fourth-order valence-electron chi connectivity index (χ4n) is 1.09. The van der Waals surface area contributed by atoms with Crippen LogP contribution < -0.4 is 5.84 Å². The number of hydrogen-bond donors (Lipinski definition) is 1. The SMILES string of the molecule is C=N/C(=C\N(N)CCF)CCCCC. The van der Waals surface area contributed by atoms with Gasteiger partial charge in [0.15, 0.2) is 0 Å². The molecule has 0 saturated carbocycles. The molecule has 0 radical (unpaired) electrons. The van der Waals surface area contributed by atoms with Crippen molar-refractivity contribution in [3.8, 4) is 0 Å². The van der Waals surface area contributed by atoms with Gasteiger partial charge in [0.25, 0.3) is 0 Å². The number of alkyl halides is 1. The number of hydrazine groups is 1. The average Bonchev–Trinajstić information content (AvgIpc) is 2.17. The lowest BCUT2D eigenvalue weighted by Gasteiger charge is -2.12. The Labute approximate surface area is 85.5 Å². The van der Waals surface area contributed by atoms with Crippen LogP contribution in [0.25, 0.3) is 0 Å². The Morgan fingerprint density at radius 1 is 1.57 bits per heavy atom. The molecule has 2 N–H and O–H groups in total. The maximum Gasteiger partial charge on any atom is 0.108 e. The molecular formula is C10H20FN3. The van der Waals surface area contributed by atoms with E-state index in [4.69, 9.17) is 5.84 Å². The van der Waals surface area contributed by atoms with Gasteiger partial charge in [-0.2, -0.15) is 0 Å². The Morgan fingerprint density at radius 3 is 2.79 bits per heavy atom. The van der Waals surface area contributed by atoms with Crippen LogP contribution in [0, 0.1) is 0 Å². The largest absolute Gasteiger partial charge is 0.314 e. The minimum absolute atomic E-state index is 0.201. The molecule has 0 amide bonds. The third-order valence-corrected chi connectivity index (χ3v) is 1.90. The molecule has 0 rings (SSSR count). The summed E-state index contributed by atoms with van der Waals surface area (Å²) < 4.78 is 11.9. The lowest BCUT2D eigenvalue weighted by Crippen LogP contribution is -2.27. The fraction of sp³-hybridized carbons (Fsp3) is 0.700. The third-order valence-electron chi connectivity index (χ3n) is 1.90. The van der Waals surface area contributed by atoms with Crippen LogP contribution in [0.2, 0.25) is 0 Å². The van der Waals surface area contributed by atoms with E-state index < -0.39 is 6.67 Å². The first-order valence-electron chi connectivity index (χ1n) is 4.99. The average molecular weight is 201 g/mol. The summed E-state index contributed by atoms with van der Waals surface area (Å²) in [5.41, 5.74) is 0.828. The van der Waals surface area contributed by atoms with Crippen molar-refractivity contribution >= 4 is 6.72 Å². The second-order valence-electron chi connectivity index (χ2n) is 3.16. The molecule has 0 atom stereocenters. The van der Waals surface area contributed by atoms with Gasteiger partial charge in [-0.05, 0) is 19.6 Å². The first kappa shape index (κ1) is 13.1. The van der Waals surface area contributed by atoms with Gasteiger partial charge >= 0.3 is 0 Å². The van der Waals surface area contributed by atoms with Gasteiger partial charge in [-0.3, -0.25) is 4.99 Å². The molecule has 0 saturated heterocycles. The quantitative estimate of drug-likeness (QED) is 0.283. The van der Waals surface area contributed by atoms with E-state index in [9.17, 15) is 4.39 Å². The maximum absolute atomic E-state index is 11.9. The van der Waals surface area contributed by atoms with E-state index in [0.717, 1.165) is 18.5 Å². The number of unbranched alkanes of at least 4 members (excludes halogenated alkanes) is 2. The Hall–Kier alpha value is -0.900. The minimum atomic E-state index is -0.452. The van der Waals surface area contributed by atoms with Crippen molar-refractivity contribution < 1.29 is 4.39 Å². The Bertz CT molecular complexity index is 180. The van der Waals surface area contributed by atoms with Crippen LogP contribution in [-0.4, -0.2) is 24.9 Å². The Kier molecular flexibility index (Phi) is 8.13. The van der Waals surface area contributed by atoms with Crippen LogP contribution in [0.15, 0.2) is 16.9 Å². The van der Waals surface area contributed by atoms with Crippen LogP contribution in [-0.2, 0) is 0 Å². The zero-order valence-corrected chi connectivity index (χ0v) is 8.88. The summed E-state index contributed by atoms with van der Waals surface area (Å²) >= 11 is 0. The van der Waals surface area contributed by atoms with Crippen molar-refractivity contribution in [2.75, 3.05) is 13.2 Å². The lowest BCUT2D eigenvalue weighted by molar-refractivity contribution is 0.332. The van der Waals surface area contributed by atoms with Gasteiger partial charge in [0.05, 0.1) is 12.2 Å². The molecule has 0 aliphatic heterocycles. The van der Waals surface area contributed by atoms with Crippen LogP contribution in [0.1, 0.15) is 32.6 Å². The van der Waals surface area contributed by atoms with Crippen LogP contribution in [0.3, 0.4) is 0 Å². The smallest absolute Gasteiger partial charge is 0.108 e. The molecule has 0 aromatic heterocycles. The normalized spacial score (nSPS) is 11.5. The second-order valence-corrected chi connectivity index (χ2v) is 3.16. The topological polar surface area (TPSA) is 41.6 Å². The molecule has 3 nitrogen and oxygen atoms in total. The van der Waals surface area contributed by atoms with Crippen molar-refractivity contribution in [2.24, 2.45) is 10.8 Å². The predicted molar refractivity (Wildman–Crippen MR) is 58.6 cm³/mol. The number of hydrogen-bond acceptors (Lipinski definition) is 3. The monoisotopic (exact) mass is 201 g/mol. The van der Waals surface area contributed by atoms with E-state index >= 15 is 0 Å². The lowest BCUT2D eigenvalue weighted by atomic mass is 10.2. The van der Waals surface area contributed by atoms with E-state index in [2.05, 4.69) is 18.6 Å². The molecule has 82 valence electrons. The van der Waals surface area contributed by atoms with Crippen LogP contribution >= 0.6 is 0 Å². The summed E-state index contributed by atoms with van der Waals surface area (Å²) in [6.45, 7) is 5.35. The number of nitrogens with zero attached hydrogens (tertiary/aromatic N) is 2. The third kappa shape index (κ3) is 6.60. The molecule has 0 bridgehead atoms. The van der Waals surface area contributed by atoms with Crippen molar-refractivity contribution in [1.29, 1.82) is 0 Å². The highest BCUT2D eigenvalue weighted by molar-refractivity contribution is 5.28. The molecule has 14 heavy (non-hydrogen) atoms. The molecule has 0 aromatic rings. The summed E-state index contributed by atoms with van der Waals surface area (Å²) in [5, 5.41) is 1.32. The molecule has 0 unspecified atom stereocenters. The number of nitrogens with two attached hydrogens (primary N) is 1.